The Bertz CT molecular complexity index is 1230. The van der Waals surface area contributed by atoms with Gasteiger partial charge in [0.05, 0.1) is 19.2 Å². The van der Waals surface area contributed by atoms with Crippen molar-refractivity contribution in [3.8, 4) is 16.2 Å². The maximum absolute atomic E-state index is 12.7. The Hall–Kier alpha value is -2.96. The predicted molar refractivity (Wildman–Crippen MR) is 116 cm³/mol. The summed E-state index contributed by atoms with van der Waals surface area (Å²) >= 11 is 1.48. The molecular formula is C23H21N3O2S. The number of thiophene rings is 1. The minimum absolute atomic E-state index is 0.0628. The van der Waals surface area contributed by atoms with Crippen LogP contribution in [0.15, 0.2) is 59.4 Å². The first-order chi connectivity index (χ1) is 14.2. The molecule has 3 heterocycles. The summed E-state index contributed by atoms with van der Waals surface area (Å²) in [5.74, 6) is 1.54. The highest BCUT2D eigenvalue weighted by Gasteiger charge is 2.18. The lowest BCUT2D eigenvalue weighted by molar-refractivity contribution is 0.239. The molecule has 2 aromatic heterocycles. The topological polar surface area (TPSA) is 58.2 Å². The number of methoxy groups -OCH3 is 1. The van der Waals surface area contributed by atoms with Gasteiger partial charge in [0.25, 0.3) is 5.56 Å². The fourth-order valence-electron chi connectivity index (χ4n) is 3.86. The number of hydrogen-bond acceptors (Lipinski definition) is 5. The van der Waals surface area contributed by atoms with Crippen molar-refractivity contribution in [3.05, 3.63) is 81.9 Å². The maximum atomic E-state index is 12.7. The van der Waals surface area contributed by atoms with E-state index in [1.807, 2.05) is 30.3 Å². The number of nitrogens with one attached hydrogen (secondary N) is 1. The molecule has 146 valence electrons. The molecule has 0 saturated carbocycles. The van der Waals surface area contributed by atoms with Gasteiger partial charge in [-0.05, 0) is 53.4 Å². The number of benzene rings is 2. The van der Waals surface area contributed by atoms with Crippen molar-refractivity contribution < 1.29 is 4.74 Å². The van der Waals surface area contributed by atoms with Crippen molar-refractivity contribution in [2.45, 2.75) is 19.5 Å². The SMILES string of the molecule is COc1ccc(-c2cc3nc(CN4CCc5ccccc5C4)[nH]c(=O)c3s2)cc1. The molecule has 0 aliphatic carbocycles. The highest BCUT2D eigenvalue weighted by Crippen LogP contribution is 2.32. The first kappa shape index (κ1) is 18.1. The van der Waals surface area contributed by atoms with Crippen LogP contribution in [0.25, 0.3) is 20.7 Å². The van der Waals surface area contributed by atoms with Gasteiger partial charge in [-0.1, -0.05) is 24.3 Å². The first-order valence-electron chi connectivity index (χ1n) is 9.66. The Balaban J connectivity index is 1.42. The van der Waals surface area contributed by atoms with Crippen molar-refractivity contribution in [1.29, 1.82) is 0 Å². The minimum Gasteiger partial charge on any atom is -0.497 e. The van der Waals surface area contributed by atoms with Gasteiger partial charge in [-0.25, -0.2) is 4.98 Å². The van der Waals surface area contributed by atoms with E-state index in [0.717, 1.165) is 47.0 Å². The summed E-state index contributed by atoms with van der Waals surface area (Å²) in [6, 6.07) is 18.4. The van der Waals surface area contributed by atoms with E-state index in [4.69, 9.17) is 9.72 Å². The van der Waals surface area contributed by atoms with E-state index >= 15 is 0 Å². The van der Waals surface area contributed by atoms with Gasteiger partial charge in [-0.15, -0.1) is 11.3 Å². The van der Waals surface area contributed by atoms with Crippen molar-refractivity contribution in [1.82, 2.24) is 14.9 Å². The third-order valence-electron chi connectivity index (χ3n) is 5.39. The van der Waals surface area contributed by atoms with Crippen LogP contribution in [0.4, 0.5) is 0 Å². The Morgan fingerprint density at radius 2 is 1.93 bits per heavy atom. The number of hydrogen-bond donors (Lipinski definition) is 1. The van der Waals surface area contributed by atoms with Gasteiger partial charge in [0, 0.05) is 18.0 Å². The number of aromatic nitrogens is 2. The van der Waals surface area contributed by atoms with Crippen molar-refractivity contribution in [2.75, 3.05) is 13.7 Å². The van der Waals surface area contributed by atoms with Crippen LogP contribution in [0.5, 0.6) is 5.75 Å². The summed E-state index contributed by atoms with van der Waals surface area (Å²) in [5.41, 5.74) is 4.54. The average Bonchev–Trinajstić information content (AvgIpc) is 3.18. The maximum Gasteiger partial charge on any atom is 0.268 e. The summed E-state index contributed by atoms with van der Waals surface area (Å²) < 4.78 is 5.89. The molecule has 0 unspecified atom stereocenters. The smallest absolute Gasteiger partial charge is 0.268 e. The van der Waals surface area contributed by atoms with E-state index in [1.54, 1.807) is 7.11 Å². The molecule has 1 N–H and O–H groups in total. The summed E-state index contributed by atoms with van der Waals surface area (Å²) in [7, 11) is 1.65. The molecule has 4 aromatic rings. The van der Waals surface area contributed by atoms with Crippen LogP contribution in [0.1, 0.15) is 17.0 Å². The third kappa shape index (κ3) is 3.57. The zero-order valence-corrected chi connectivity index (χ0v) is 17.0. The second-order valence-corrected chi connectivity index (χ2v) is 8.35. The molecule has 0 amide bonds. The van der Waals surface area contributed by atoms with Crippen LogP contribution in [0, 0.1) is 0 Å². The summed E-state index contributed by atoms with van der Waals surface area (Å²) in [4.78, 5) is 23.8. The van der Waals surface area contributed by atoms with Crippen LogP contribution in [-0.2, 0) is 19.5 Å². The lowest BCUT2D eigenvalue weighted by Crippen LogP contribution is -2.31. The molecule has 0 saturated heterocycles. The minimum atomic E-state index is -0.0628. The number of ether oxygens (including phenoxy) is 1. The average molecular weight is 404 g/mol. The summed E-state index contributed by atoms with van der Waals surface area (Å²) in [6.07, 6.45) is 1.03. The van der Waals surface area contributed by atoms with Gasteiger partial charge in [-0.3, -0.25) is 9.69 Å². The Morgan fingerprint density at radius 3 is 2.72 bits per heavy atom. The largest absolute Gasteiger partial charge is 0.497 e. The number of nitrogens with zero attached hydrogens (tertiary/aromatic N) is 2. The molecule has 0 bridgehead atoms. The zero-order chi connectivity index (χ0) is 19.8. The Kier molecular flexibility index (Phi) is 4.66. The van der Waals surface area contributed by atoms with E-state index in [9.17, 15) is 4.79 Å². The zero-order valence-electron chi connectivity index (χ0n) is 16.1. The molecule has 0 atom stereocenters. The Labute approximate surface area is 172 Å². The summed E-state index contributed by atoms with van der Waals surface area (Å²) in [5, 5.41) is 0. The van der Waals surface area contributed by atoms with Gasteiger partial charge in [-0.2, -0.15) is 0 Å². The lowest BCUT2D eigenvalue weighted by Gasteiger charge is -2.28. The van der Waals surface area contributed by atoms with Crippen LogP contribution in [0.2, 0.25) is 0 Å². The number of aromatic amines is 1. The third-order valence-corrected chi connectivity index (χ3v) is 6.56. The molecule has 2 aromatic carbocycles. The van der Waals surface area contributed by atoms with Gasteiger partial charge in [0.15, 0.2) is 0 Å². The lowest BCUT2D eigenvalue weighted by atomic mass is 10.00. The second-order valence-electron chi connectivity index (χ2n) is 7.30. The van der Waals surface area contributed by atoms with Crippen molar-refractivity contribution in [3.63, 3.8) is 0 Å². The van der Waals surface area contributed by atoms with Crippen LogP contribution in [-0.4, -0.2) is 28.5 Å². The predicted octanol–water partition coefficient (Wildman–Crippen LogP) is 4.22. The molecule has 0 radical (unpaired) electrons. The monoisotopic (exact) mass is 403 g/mol. The molecule has 1 aliphatic heterocycles. The Morgan fingerprint density at radius 1 is 1.14 bits per heavy atom. The van der Waals surface area contributed by atoms with Crippen LogP contribution < -0.4 is 10.3 Å². The number of fused-ring (bicyclic) bond motifs is 2. The number of H-pyrrole nitrogens is 1. The molecule has 6 heteroatoms. The van der Waals surface area contributed by atoms with E-state index in [0.29, 0.717) is 11.2 Å². The number of rotatable bonds is 4. The molecule has 5 rings (SSSR count). The van der Waals surface area contributed by atoms with Crippen LogP contribution >= 0.6 is 11.3 Å². The van der Waals surface area contributed by atoms with E-state index < -0.39 is 0 Å². The molecule has 0 fully saturated rings. The quantitative estimate of drug-likeness (QED) is 0.554. The highest BCUT2D eigenvalue weighted by molar-refractivity contribution is 7.22. The normalized spacial score (nSPS) is 14.1. The fourth-order valence-corrected chi connectivity index (χ4v) is 4.86. The highest BCUT2D eigenvalue weighted by atomic mass is 32.1. The summed E-state index contributed by atoms with van der Waals surface area (Å²) in [6.45, 7) is 2.51. The van der Waals surface area contributed by atoms with E-state index in [1.165, 1.54) is 22.5 Å². The molecule has 5 nitrogen and oxygen atoms in total. The first-order valence-corrected chi connectivity index (χ1v) is 10.5. The van der Waals surface area contributed by atoms with Gasteiger partial charge in [0.1, 0.15) is 16.3 Å². The molecule has 29 heavy (non-hydrogen) atoms. The van der Waals surface area contributed by atoms with Gasteiger partial charge >= 0.3 is 0 Å². The van der Waals surface area contributed by atoms with Crippen LogP contribution in [0.3, 0.4) is 0 Å². The van der Waals surface area contributed by atoms with Gasteiger partial charge in [0.2, 0.25) is 0 Å². The van der Waals surface area contributed by atoms with Crippen molar-refractivity contribution >= 4 is 21.6 Å². The van der Waals surface area contributed by atoms with Gasteiger partial charge < -0.3 is 9.72 Å². The molecule has 1 aliphatic rings. The molecule has 0 spiro atoms. The second kappa shape index (κ2) is 7.46. The molecular weight excluding hydrogens is 382 g/mol. The standard InChI is InChI=1S/C23H21N3O2S/c1-28-18-8-6-16(7-9-18)20-12-19-22(29-20)23(27)25-21(24-19)14-26-11-10-15-4-2-3-5-17(15)13-26/h2-9,12H,10-11,13-14H2,1H3,(H,24,25,27). The van der Waals surface area contributed by atoms with E-state index in [2.05, 4.69) is 34.1 Å². The van der Waals surface area contributed by atoms with Crippen molar-refractivity contribution in [2.24, 2.45) is 0 Å². The fraction of sp³-hybridized carbons (Fsp3) is 0.217. The van der Waals surface area contributed by atoms with E-state index in [-0.39, 0.29) is 5.56 Å².